The number of nitrogens with zero attached hydrogens (tertiary/aromatic N) is 1. The maximum absolute atomic E-state index is 12.5. The van der Waals surface area contributed by atoms with Crippen LogP contribution in [-0.2, 0) is 9.84 Å². The van der Waals surface area contributed by atoms with Crippen LogP contribution in [0.25, 0.3) is 5.69 Å². The highest BCUT2D eigenvalue weighted by atomic mass is 35.5. The van der Waals surface area contributed by atoms with Crippen molar-refractivity contribution in [2.45, 2.75) is 10.7 Å². The van der Waals surface area contributed by atoms with Gasteiger partial charge in [-0.25, -0.2) is 13.1 Å². The van der Waals surface area contributed by atoms with Gasteiger partial charge in [0.1, 0.15) is 5.69 Å². The Morgan fingerprint density at radius 2 is 1.75 bits per heavy atom. The van der Waals surface area contributed by atoms with Gasteiger partial charge in [0.05, 0.1) is 14.9 Å². The van der Waals surface area contributed by atoms with Crippen LogP contribution in [0, 0.1) is 0 Å². The smallest absolute Gasteiger partial charge is 0.298 e. The predicted molar refractivity (Wildman–Crippen MR) is 69.6 cm³/mol. The summed E-state index contributed by atoms with van der Waals surface area (Å²) in [4.78, 5) is 10.8. The molecule has 0 bridgehead atoms. The summed E-state index contributed by atoms with van der Waals surface area (Å²) in [6.45, 7) is 0. The van der Waals surface area contributed by atoms with Crippen LogP contribution in [-0.4, -0.2) is 24.0 Å². The number of sulfone groups is 1. The van der Waals surface area contributed by atoms with Gasteiger partial charge in [-0.05, 0) is 12.1 Å². The number of H-pyrrole nitrogens is 1. The molecular weight excluding hydrogens is 337 g/mol. The Kier molecular flexibility index (Phi) is 3.90. The zero-order chi connectivity index (χ0) is 15.1. The van der Waals surface area contributed by atoms with Gasteiger partial charge in [-0.1, -0.05) is 23.2 Å². The Hall–Kier alpha value is -1.38. The van der Waals surface area contributed by atoms with E-state index in [-0.39, 0.29) is 15.7 Å². The summed E-state index contributed by atoms with van der Waals surface area (Å²) < 4.78 is 48.6. The molecule has 10 heteroatoms. The lowest BCUT2D eigenvalue weighted by Crippen LogP contribution is -2.16. The molecule has 1 N–H and O–H groups in total. The summed E-state index contributed by atoms with van der Waals surface area (Å²) in [5, 5.41) is 2.02. The first-order valence-corrected chi connectivity index (χ1v) is 7.33. The highest BCUT2D eigenvalue weighted by molar-refractivity contribution is 7.91. The van der Waals surface area contributed by atoms with Crippen molar-refractivity contribution in [2.75, 3.05) is 0 Å². The highest BCUT2D eigenvalue weighted by Gasteiger charge is 2.28. The fourth-order valence-corrected chi connectivity index (χ4v) is 3.07. The maximum atomic E-state index is 12.5. The molecule has 0 amide bonds. The molecule has 0 aliphatic heterocycles. The molecule has 0 saturated carbocycles. The molecule has 0 radical (unpaired) electrons. The fourth-order valence-electron chi connectivity index (χ4n) is 1.52. The zero-order valence-corrected chi connectivity index (χ0v) is 11.8. The van der Waals surface area contributed by atoms with Crippen molar-refractivity contribution >= 4 is 33.0 Å². The van der Waals surface area contributed by atoms with Crippen LogP contribution in [0.15, 0.2) is 34.1 Å². The van der Waals surface area contributed by atoms with Gasteiger partial charge in [0.15, 0.2) is 0 Å². The first-order chi connectivity index (χ1) is 9.25. The number of hydrogen-bond acceptors (Lipinski definition) is 3. The summed E-state index contributed by atoms with van der Waals surface area (Å²) in [5.41, 5.74) is -0.505. The lowest BCUT2D eigenvalue weighted by Gasteiger charge is -2.10. The molecule has 20 heavy (non-hydrogen) atoms. The van der Waals surface area contributed by atoms with E-state index in [1.165, 1.54) is 12.3 Å². The number of rotatable bonds is 3. The van der Waals surface area contributed by atoms with Crippen LogP contribution in [0.3, 0.4) is 0 Å². The molecule has 2 rings (SSSR count). The Balaban J connectivity index is 2.68. The Morgan fingerprint density at radius 1 is 1.20 bits per heavy atom. The molecular formula is C10H6Cl2F2N2O3S. The minimum atomic E-state index is -4.82. The molecule has 1 aromatic heterocycles. The molecule has 5 nitrogen and oxygen atoms in total. The number of aromatic nitrogens is 2. The van der Waals surface area contributed by atoms with Crippen LogP contribution in [0.2, 0.25) is 10.0 Å². The first kappa shape index (κ1) is 15.0. The van der Waals surface area contributed by atoms with E-state index in [0.29, 0.717) is 0 Å². The van der Waals surface area contributed by atoms with E-state index in [9.17, 15) is 22.0 Å². The van der Waals surface area contributed by atoms with Gasteiger partial charge in [0, 0.05) is 12.3 Å². The van der Waals surface area contributed by atoms with Crippen molar-refractivity contribution in [3.05, 3.63) is 44.8 Å². The second kappa shape index (κ2) is 5.19. The zero-order valence-electron chi connectivity index (χ0n) is 9.48. The van der Waals surface area contributed by atoms with E-state index in [1.54, 1.807) is 0 Å². The molecule has 0 aliphatic rings. The number of hydrogen-bond donors (Lipinski definition) is 1. The van der Waals surface area contributed by atoms with E-state index in [2.05, 4.69) is 5.10 Å². The van der Waals surface area contributed by atoms with E-state index < -0.39 is 26.0 Å². The number of aromatic amines is 1. The van der Waals surface area contributed by atoms with Crippen LogP contribution in [0.1, 0.15) is 0 Å². The molecule has 108 valence electrons. The number of alkyl halides is 2. The van der Waals surface area contributed by atoms with Gasteiger partial charge < -0.3 is 0 Å². The third kappa shape index (κ3) is 2.46. The molecule has 0 aliphatic carbocycles. The minimum Gasteiger partial charge on any atom is -0.298 e. The topological polar surface area (TPSA) is 71.9 Å². The third-order valence-corrected chi connectivity index (χ3v) is 4.37. The van der Waals surface area contributed by atoms with E-state index in [0.717, 1.165) is 16.8 Å². The third-order valence-electron chi connectivity index (χ3n) is 2.43. The van der Waals surface area contributed by atoms with Crippen LogP contribution >= 0.6 is 23.2 Å². The number of benzene rings is 1. The molecule has 0 unspecified atom stereocenters. The van der Waals surface area contributed by atoms with Crippen molar-refractivity contribution in [2.24, 2.45) is 0 Å². The monoisotopic (exact) mass is 342 g/mol. The largest absolute Gasteiger partial charge is 0.341 e. The summed E-state index contributed by atoms with van der Waals surface area (Å²) in [6, 6.07) is 2.82. The Morgan fingerprint density at radius 3 is 2.15 bits per heavy atom. The van der Waals surface area contributed by atoms with Crippen molar-refractivity contribution in [1.29, 1.82) is 0 Å². The van der Waals surface area contributed by atoms with Crippen LogP contribution in [0.5, 0.6) is 0 Å². The molecule has 0 saturated heterocycles. The Labute approximate surface area is 121 Å². The molecule has 0 atom stereocenters. The lowest BCUT2D eigenvalue weighted by atomic mass is 10.3. The average molecular weight is 343 g/mol. The summed E-state index contributed by atoms with van der Waals surface area (Å²) in [5.74, 6) is -3.59. The summed E-state index contributed by atoms with van der Waals surface area (Å²) in [7, 11) is -4.82. The van der Waals surface area contributed by atoms with E-state index >= 15 is 0 Å². The summed E-state index contributed by atoms with van der Waals surface area (Å²) in [6.07, 6.45) is 1.32. The predicted octanol–water partition coefficient (Wildman–Crippen LogP) is 2.47. The minimum absolute atomic E-state index is 0.0171. The van der Waals surface area contributed by atoms with Gasteiger partial charge in [-0.2, -0.15) is 8.78 Å². The normalized spacial score (nSPS) is 12.1. The van der Waals surface area contributed by atoms with Gasteiger partial charge in [-0.3, -0.25) is 9.89 Å². The molecule has 1 aromatic carbocycles. The standard InChI is InChI=1S/C10H6Cl2F2N2O3S/c11-6-3-5(20(18,19)10(13)14)4-7(12)9(6)16-8(17)1-2-15-16/h1-4,10,15H. The Bertz CT molecular complexity index is 791. The van der Waals surface area contributed by atoms with E-state index in [1.807, 2.05) is 0 Å². The fraction of sp³-hybridized carbons (Fsp3) is 0.100. The second-order valence-corrected chi connectivity index (χ2v) is 6.41. The van der Waals surface area contributed by atoms with Crippen molar-refractivity contribution in [1.82, 2.24) is 9.78 Å². The SMILES string of the molecule is O=c1cc[nH]n1-c1c(Cl)cc(S(=O)(=O)C(F)F)cc1Cl. The van der Waals surface area contributed by atoms with Gasteiger partial charge in [-0.15, -0.1) is 0 Å². The highest BCUT2D eigenvalue weighted by Crippen LogP contribution is 2.32. The van der Waals surface area contributed by atoms with Gasteiger partial charge >= 0.3 is 5.76 Å². The van der Waals surface area contributed by atoms with E-state index in [4.69, 9.17) is 23.2 Å². The second-order valence-electron chi connectivity index (χ2n) is 3.68. The average Bonchev–Trinajstić information content (AvgIpc) is 2.74. The molecule has 2 aromatic rings. The number of halogens is 4. The molecule has 0 fully saturated rings. The quantitative estimate of drug-likeness (QED) is 0.931. The van der Waals surface area contributed by atoms with Crippen molar-refractivity contribution in [3.8, 4) is 5.69 Å². The first-order valence-electron chi connectivity index (χ1n) is 5.03. The number of nitrogens with one attached hydrogen (secondary N) is 1. The van der Waals surface area contributed by atoms with Crippen molar-refractivity contribution in [3.63, 3.8) is 0 Å². The van der Waals surface area contributed by atoms with Crippen LogP contribution in [0.4, 0.5) is 8.78 Å². The van der Waals surface area contributed by atoms with Gasteiger partial charge in [0.25, 0.3) is 5.56 Å². The lowest BCUT2D eigenvalue weighted by molar-refractivity contribution is 0.234. The van der Waals surface area contributed by atoms with Crippen LogP contribution < -0.4 is 5.56 Å². The summed E-state index contributed by atoms with van der Waals surface area (Å²) >= 11 is 11.7. The van der Waals surface area contributed by atoms with Gasteiger partial charge in [0.2, 0.25) is 9.84 Å². The molecule has 0 spiro atoms. The molecule has 1 heterocycles. The van der Waals surface area contributed by atoms with Crippen molar-refractivity contribution < 1.29 is 17.2 Å². The maximum Gasteiger partial charge on any atom is 0.341 e.